The Hall–Kier alpha value is -3.43. The average molecular weight is 492 g/mol. The number of anilines is 2. The molecule has 1 aromatic heterocycles. The van der Waals surface area contributed by atoms with E-state index < -0.39 is 31.0 Å². The number of carboxylic acids is 1. The predicted octanol–water partition coefficient (Wildman–Crippen LogP) is 5.54. The van der Waals surface area contributed by atoms with Crippen molar-refractivity contribution in [3.63, 3.8) is 0 Å². The van der Waals surface area contributed by atoms with Crippen LogP contribution in [-0.2, 0) is 4.79 Å². The van der Waals surface area contributed by atoms with Crippen LogP contribution in [0.25, 0.3) is 0 Å². The van der Waals surface area contributed by atoms with E-state index in [1.54, 1.807) is 4.90 Å². The molecule has 1 fully saturated rings. The minimum absolute atomic E-state index is 0.105. The number of ether oxygens (including phenoxy) is 2. The van der Waals surface area contributed by atoms with Crippen LogP contribution in [0.2, 0.25) is 0 Å². The van der Waals surface area contributed by atoms with Gasteiger partial charge in [-0.2, -0.15) is 4.98 Å². The van der Waals surface area contributed by atoms with E-state index in [-0.39, 0.29) is 29.4 Å². The van der Waals surface area contributed by atoms with Crippen molar-refractivity contribution in [2.75, 3.05) is 23.9 Å². The summed E-state index contributed by atoms with van der Waals surface area (Å²) in [5.74, 6) is -1.38. The lowest BCUT2D eigenvalue weighted by Gasteiger charge is -2.37. The van der Waals surface area contributed by atoms with Crippen LogP contribution in [0.1, 0.15) is 51.0 Å². The number of nitrogens with zero attached hydrogens (tertiary/aromatic N) is 2. The molecular formula is C25H31F2N3O5. The monoisotopic (exact) mass is 491 g/mol. The molecule has 0 radical (unpaired) electrons. The number of carbonyl (C=O) groups excluding carboxylic acids is 1. The highest BCUT2D eigenvalue weighted by molar-refractivity contribution is 6.03. The highest BCUT2D eigenvalue weighted by atomic mass is 19.3. The minimum Gasteiger partial charge on any atom is -0.481 e. The maximum Gasteiger partial charge on any atom is 0.326 e. The lowest BCUT2D eigenvalue weighted by Crippen LogP contribution is -2.46. The van der Waals surface area contributed by atoms with E-state index in [0.29, 0.717) is 31.4 Å². The van der Waals surface area contributed by atoms with Crippen LogP contribution in [0.5, 0.6) is 11.8 Å². The van der Waals surface area contributed by atoms with Gasteiger partial charge < -0.3 is 19.9 Å². The molecule has 1 aliphatic carbocycles. The summed E-state index contributed by atoms with van der Waals surface area (Å²) in [5, 5.41) is 12.3. The summed E-state index contributed by atoms with van der Waals surface area (Å²) in [6, 6.07) is 9.55. The van der Waals surface area contributed by atoms with E-state index in [0.717, 1.165) is 5.56 Å². The Kier molecular flexibility index (Phi) is 8.84. The van der Waals surface area contributed by atoms with E-state index in [9.17, 15) is 23.5 Å². The molecule has 2 amide bonds. The van der Waals surface area contributed by atoms with Crippen LogP contribution >= 0.6 is 0 Å². The summed E-state index contributed by atoms with van der Waals surface area (Å²) >= 11 is 0. The normalized spacial score (nSPS) is 17.8. The lowest BCUT2D eigenvalue weighted by atomic mass is 9.84. The van der Waals surface area contributed by atoms with Crippen molar-refractivity contribution in [2.24, 2.45) is 5.92 Å². The molecule has 0 aliphatic heterocycles. The molecule has 3 rings (SSSR count). The number of amides is 2. The second kappa shape index (κ2) is 11.8. The van der Waals surface area contributed by atoms with E-state index in [1.165, 1.54) is 19.2 Å². The number of aliphatic carboxylic acids is 1. The highest BCUT2D eigenvalue weighted by Gasteiger charge is 2.35. The number of aromatic nitrogens is 1. The smallest absolute Gasteiger partial charge is 0.326 e. The SMILES string of the molecule is COc1ccc(NC(=O)N(c2ccccc2C(C)C)C2CCCC(C(=O)O)C2)c(OCC(F)F)n1. The summed E-state index contributed by atoms with van der Waals surface area (Å²) in [7, 11) is 1.38. The summed E-state index contributed by atoms with van der Waals surface area (Å²) in [5.41, 5.74) is 1.71. The molecule has 2 aromatic rings. The summed E-state index contributed by atoms with van der Waals surface area (Å²) < 4.78 is 35.8. The number of hydrogen-bond donors (Lipinski definition) is 2. The molecule has 10 heteroatoms. The van der Waals surface area contributed by atoms with E-state index in [2.05, 4.69) is 10.3 Å². The maximum absolute atomic E-state index is 13.7. The van der Waals surface area contributed by atoms with Crippen LogP contribution in [0.4, 0.5) is 25.0 Å². The zero-order valence-electron chi connectivity index (χ0n) is 20.0. The number of alkyl halides is 2. The first-order valence-corrected chi connectivity index (χ1v) is 11.6. The first kappa shape index (κ1) is 26.2. The van der Waals surface area contributed by atoms with Crippen molar-refractivity contribution in [3.8, 4) is 11.8 Å². The molecule has 0 bridgehead atoms. The van der Waals surface area contributed by atoms with Gasteiger partial charge in [0, 0.05) is 17.8 Å². The topological polar surface area (TPSA) is 101 Å². The van der Waals surface area contributed by atoms with Gasteiger partial charge in [0.2, 0.25) is 11.8 Å². The fourth-order valence-corrected chi connectivity index (χ4v) is 4.35. The number of halogens is 2. The Labute approximate surface area is 203 Å². The number of nitrogens with one attached hydrogen (secondary N) is 1. The number of hydrogen-bond acceptors (Lipinski definition) is 5. The van der Waals surface area contributed by atoms with Crippen LogP contribution < -0.4 is 19.7 Å². The Morgan fingerprint density at radius 2 is 1.94 bits per heavy atom. The summed E-state index contributed by atoms with van der Waals surface area (Å²) in [6.07, 6.45) is -0.552. The standard InChI is InChI=1S/C25H31F2N3O5/c1-15(2)18-9-4-5-10-20(18)30(17-8-6-7-16(13-17)24(31)32)25(33)28-19-11-12-22(34-3)29-23(19)35-14-21(26)27/h4-5,9-12,15-17,21H,6-8,13-14H2,1-3H3,(H,28,33)(H,31,32). The minimum atomic E-state index is -2.73. The molecule has 35 heavy (non-hydrogen) atoms. The first-order valence-electron chi connectivity index (χ1n) is 11.6. The molecule has 2 unspecified atom stereocenters. The Morgan fingerprint density at radius 1 is 1.20 bits per heavy atom. The third-order valence-corrected chi connectivity index (χ3v) is 6.03. The van der Waals surface area contributed by atoms with Crippen LogP contribution in [0.15, 0.2) is 36.4 Å². The third kappa shape index (κ3) is 6.58. The van der Waals surface area contributed by atoms with Crippen molar-refractivity contribution in [3.05, 3.63) is 42.0 Å². The van der Waals surface area contributed by atoms with E-state index in [1.807, 2.05) is 38.1 Å². The van der Waals surface area contributed by atoms with Gasteiger partial charge >= 0.3 is 12.0 Å². The number of carboxylic acid groups (broad SMARTS) is 1. The second-order valence-electron chi connectivity index (χ2n) is 8.78. The van der Waals surface area contributed by atoms with E-state index in [4.69, 9.17) is 9.47 Å². The molecule has 190 valence electrons. The Morgan fingerprint density at radius 3 is 2.60 bits per heavy atom. The zero-order valence-corrected chi connectivity index (χ0v) is 20.0. The van der Waals surface area contributed by atoms with Crippen LogP contribution in [0.3, 0.4) is 0 Å². The largest absolute Gasteiger partial charge is 0.481 e. The van der Waals surface area contributed by atoms with Gasteiger partial charge in [0.1, 0.15) is 5.69 Å². The number of methoxy groups -OCH3 is 1. The van der Waals surface area contributed by atoms with Crippen molar-refractivity contribution in [1.82, 2.24) is 4.98 Å². The molecular weight excluding hydrogens is 460 g/mol. The first-order chi connectivity index (χ1) is 16.7. The van der Waals surface area contributed by atoms with Crippen LogP contribution in [-0.4, -0.2) is 48.3 Å². The molecule has 8 nitrogen and oxygen atoms in total. The molecule has 2 atom stereocenters. The van der Waals surface area contributed by atoms with Crippen molar-refractivity contribution in [2.45, 2.75) is 57.9 Å². The van der Waals surface area contributed by atoms with Gasteiger partial charge in [-0.05, 0) is 42.9 Å². The van der Waals surface area contributed by atoms with Crippen molar-refractivity contribution >= 4 is 23.4 Å². The molecule has 1 heterocycles. The second-order valence-corrected chi connectivity index (χ2v) is 8.78. The summed E-state index contributed by atoms with van der Waals surface area (Å²) in [4.78, 5) is 31.1. The number of rotatable bonds is 9. The van der Waals surface area contributed by atoms with Gasteiger partial charge in [0.15, 0.2) is 6.61 Å². The van der Waals surface area contributed by atoms with Gasteiger partial charge in [-0.15, -0.1) is 0 Å². The van der Waals surface area contributed by atoms with Crippen molar-refractivity contribution < 1.29 is 33.0 Å². The number of pyridine rings is 1. The Balaban J connectivity index is 1.98. The number of carbonyl (C=O) groups is 2. The maximum atomic E-state index is 13.7. The van der Waals surface area contributed by atoms with Gasteiger partial charge in [-0.25, -0.2) is 13.6 Å². The molecule has 1 aromatic carbocycles. The van der Waals surface area contributed by atoms with Crippen molar-refractivity contribution in [1.29, 1.82) is 0 Å². The Bertz CT molecular complexity index is 1030. The number of benzene rings is 1. The average Bonchev–Trinajstić information content (AvgIpc) is 2.84. The predicted molar refractivity (Wildman–Crippen MR) is 128 cm³/mol. The summed E-state index contributed by atoms with van der Waals surface area (Å²) in [6.45, 7) is 3.13. The molecule has 1 saturated carbocycles. The zero-order chi connectivity index (χ0) is 25.5. The molecule has 1 aliphatic rings. The fourth-order valence-electron chi connectivity index (χ4n) is 4.35. The third-order valence-electron chi connectivity index (χ3n) is 6.03. The number of urea groups is 1. The van der Waals surface area contributed by atoms with Gasteiger partial charge in [-0.3, -0.25) is 9.69 Å². The van der Waals surface area contributed by atoms with Gasteiger partial charge in [-0.1, -0.05) is 38.5 Å². The van der Waals surface area contributed by atoms with Gasteiger partial charge in [0.05, 0.1) is 13.0 Å². The van der Waals surface area contributed by atoms with Gasteiger partial charge in [0.25, 0.3) is 6.43 Å². The molecule has 0 saturated heterocycles. The van der Waals surface area contributed by atoms with E-state index >= 15 is 0 Å². The fraction of sp³-hybridized carbons (Fsp3) is 0.480. The lowest BCUT2D eigenvalue weighted by molar-refractivity contribution is -0.142. The molecule has 2 N–H and O–H groups in total. The number of para-hydroxylation sites is 1. The highest BCUT2D eigenvalue weighted by Crippen LogP contribution is 2.36. The van der Waals surface area contributed by atoms with Crippen LogP contribution in [0, 0.1) is 5.92 Å². The molecule has 0 spiro atoms. The quantitative estimate of drug-likeness (QED) is 0.478.